The van der Waals surface area contributed by atoms with Gasteiger partial charge < -0.3 is 5.32 Å². The highest BCUT2D eigenvalue weighted by molar-refractivity contribution is 7.94. The van der Waals surface area contributed by atoms with E-state index in [1.165, 1.54) is 12.1 Å². The summed E-state index contributed by atoms with van der Waals surface area (Å²) in [6.07, 6.45) is 1.91. The van der Waals surface area contributed by atoms with Crippen LogP contribution in [0.4, 0.5) is 5.69 Å². The molecule has 0 bridgehead atoms. The van der Waals surface area contributed by atoms with Crippen LogP contribution in [0.1, 0.15) is 50.9 Å². The molecule has 1 aliphatic rings. The van der Waals surface area contributed by atoms with E-state index >= 15 is 0 Å². The molecule has 0 aromatic heterocycles. The predicted octanol–water partition coefficient (Wildman–Crippen LogP) is 2.56. The summed E-state index contributed by atoms with van der Waals surface area (Å²) >= 11 is 0. The Bertz CT molecular complexity index is 748. The third-order valence-corrected chi connectivity index (χ3v) is 5.98. The standard InChI is InChI=1S/C18H26N2O4S/c1-13-12-25(23,24)20(17(13)22)15-8-6-14(7-9-15)16(21)19-11-5-10-18(2,3)4/h6-9,13H,5,10-12H2,1-4H3,(H,19,21). The van der Waals surface area contributed by atoms with E-state index < -0.39 is 21.8 Å². The zero-order valence-corrected chi connectivity index (χ0v) is 16.0. The Labute approximate surface area is 149 Å². The van der Waals surface area contributed by atoms with E-state index in [-0.39, 0.29) is 22.8 Å². The van der Waals surface area contributed by atoms with Crippen molar-refractivity contribution in [3.8, 4) is 0 Å². The highest BCUT2D eigenvalue weighted by Crippen LogP contribution is 2.28. The van der Waals surface area contributed by atoms with Gasteiger partial charge in [-0.15, -0.1) is 0 Å². The number of hydrogen-bond donors (Lipinski definition) is 1. The fourth-order valence-electron chi connectivity index (χ4n) is 2.76. The first kappa shape index (κ1) is 19.4. The lowest BCUT2D eigenvalue weighted by Gasteiger charge is -2.18. The van der Waals surface area contributed by atoms with Crippen LogP contribution in [0.25, 0.3) is 0 Å². The molecule has 2 rings (SSSR count). The molecule has 6 nitrogen and oxygen atoms in total. The molecule has 1 atom stereocenters. The van der Waals surface area contributed by atoms with Crippen LogP contribution in [-0.2, 0) is 14.8 Å². The summed E-state index contributed by atoms with van der Waals surface area (Å²) in [5, 5.41) is 2.85. The largest absolute Gasteiger partial charge is 0.352 e. The molecule has 1 unspecified atom stereocenters. The van der Waals surface area contributed by atoms with Gasteiger partial charge in [-0.05, 0) is 42.5 Å². The number of sulfonamides is 1. The Morgan fingerprint density at radius 1 is 1.24 bits per heavy atom. The Kier molecular flexibility index (Phi) is 5.56. The summed E-state index contributed by atoms with van der Waals surface area (Å²) in [5.41, 5.74) is 0.951. The van der Waals surface area contributed by atoms with Crippen molar-refractivity contribution in [2.75, 3.05) is 16.6 Å². The average Bonchev–Trinajstić information content (AvgIpc) is 2.70. The van der Waals surface area contributed by atoms with E-state index in [2.05, 4.69) is 26.1 Å². The summed E-state index contributed by atoms with van der Waals surface area (Å²) in [6, 6.07) is 6.08. The van der Waals surface area contributed by atoms with Gasteiger partial charge in [0.1, 0.15) is 0 Å². The highest BCUT2D eigenvalue weighted by Gasteiger charge is 2.41. The number of hydrogen-bond acceptors (Lipinski definition) is 4. The van der Waals surface area contributed by atoms with E-state index in [4.69, 9.17) is 0 Å². The second kappa shape index (κ2) is 7.15. The van der Waals surface area contributed by atoms with Crippen molar-refractivity contribution in [3.63, 3.8) is 0 Å². The lowest BCUT2D eigenvalue weighted by molar-refractivity contribution is -0.119. The quantitative estimate of drug-likeness (QED) is 0.812. The van der Waals surface area contributed by atoms with Crippen molar-refractivity contribution in [3.05, 3.63) is 29.8 Å². The van der Waals surface area contributed by atoms with Gasteiger partial charge in [-0.25, -0.2) is 12.7 Å². The molecule has 0 radical (unpaired) electrons. The zero-order valence-electron chi connectivity index (χ0n) is 15.2. The normalized spacial score (nSPS) is 19.9. The minimum atomic E-state index is -3.62. The van der Waals surface area contributed by atoms with Crippen LogP contribution in [0, 0.1) is 11.3 Å². The Morgan fingerprint density at radius 3 is 2.32 bits per heavy atom. The van der Waals surface area contributed by atoms with E-state index in [0.29, 0.717) is 12.1 Å². The third kappa shape index (κ3) is 4.81. The molecule has 1 aromatic rings. The molecule has 1 aromatic carbocycles. The SMILES string of the molecule is CC1CS(=O)(=O)N(c2ccc(C(=O)NCCCC(C)(C)C)cc2)C1=O. The van der Waals surface area contributed by atoms with Gasteiger partial charge in [0.2, 0.25) is 15.9 Å². The van der Waals surface area contributed by atoms with Crippen LogP contribution in [0.5, 0.6) is 0 Å². The van der Waals surface area contributed by atoms with Crippen molar-refractivity contribution in [1.29, 1.82) is 0 Å². The number of benzene rings is 1. The number of amides is 2. The summed E-state index contributed by atoms with van der Waals surface area (Å²) in [5.74, 6) is -1.36. The van der Waals surface area contributed by atoms with Crippen LogP contribution < -0.4 is 9.62 Å². The molecular formula is C18H26N2O4S. The molecule has 1 heterocycles. The van der Waals surface area contributed by atoms with Gasteiger partial charge in [-0.2, -0.15) is 0 Å². The first-order valence-electron chi connectivity index (χ1n) is 8.46. The maximum absolute atomic E-state index is 12.1. The molecular weight excluding hydrogens is 340 g/mol. The maximum atomic E-state index is 12.1. The van der Waals surface area contributed by atoms with Crippen LogP contribution in [-0.4, -0.2) is 32.5 Å². The van der Waals surface area contributed by atoms with Crippen molar-refractivity contribution in [2.24, 2.45) is 11.3 Å². The molecule has 1 fully saturated rings. The number of anilines is 1. The minimum absolute atomic E-state index is 0.179. The van der Waals surface area contributed by atoms with Crippen LogP contribution in [0.15, 0.2) is 24.3 Å². The van der Waals surface area contributed by atoms with Crippen molar-refractivity contribution >= 4 is 27.5 Å². The van der Waals surface area contributed by atoms with Crippen molar-refractivity contribution in [1.82, 2.24) is 5.32 Å². The smallest absolute Gasteiger partial charge is 0.251 e. The zero-order chi connectivity index (χ0) is 18.8. The second-order valence-electron chi connectivity index (χ2n) is 7.75. The Morgan fingerprint density at radius 2 is 1.84 bits per heavy atom. The molecule has 0 spiro atoms. The summed E-state index contributed by atoms with van der Waals surface area (Å²) in [6.45, 7) is 8.65. The lowest BCUT2D eigenvalue weighted by atomic mass is 9.91. The van der Waals surface area contributed by atoms with Gasteiger partial charge in [0.05, 0.1) is 17.4 Å². The first-order chi connectivity index (χ1) is 11.5. The predicted molar refractivity (Wildman–Crippen MR) is 97.9 cm³/mol. The van der Waals surface area contributed by atoms with Gasteiger partial charge in [0.15, 0.2) is 0 Å². The van der Waals surface area contributed by atoms with E-state index in [9.17, 15) is 18.0 Å². The van der Waals surface area contributed by atoms with Crippen LogP contribution in [0.2, 0.25) is 0 Å². The third-order valence-electron chi connectivity index (χ3n) is 4.11. The number of carbonyl (C=O) groups is 2. The molecule has 138 valence electrons. The minimum Gasteiger partial charge on any atom is -0.352 e. The molecule has 1 saturated heterocycles. The van der Waals surface area contributed by atoms with Gasteiger partial charge in [-0.1, -0.05) is 27.7 Å². The van der Waals surface area contributed by atoms with E-state index in [1.807, 2.05) is 0 Å². The van der Waals surface area contributed by atoms with E-state index in [1.54, 1.807) is 19.1 Å². The molecule has 1 aliphatic heterocycles. The number of nitrogens with one attached hydrogen (secondary N) is 1. The molecule has 1 N–H and O–H groups in total. The highest BCUT2D eigenvalue weighted by atomic mass is 32.2. The topological polar surface area (TPSA) is 83.6 Å². The molecule has 0 aliphatic carbocycles. The number of nitrogens with zero attached hydrogens (tertiary/aromatic N) is 1. The van der Waals surface area contributed by atoms with Gasteiger partial charge in [0.25, 0.3) is 5.91 Å². The summed E-state index contributed by atoms with van der Waals surface area (Å²) < 4.78 is 25.0. The van der Waals surface area contributed by atoms with Crippen LogP contribution >= 0.6 is 0 Å². The molecule has 25 heavy (non-hydrogen) atoms. The Hall–Kier alpha value is -1.89. The van der Waals surface area contributed by atoms with Gasteiger partial charge in [0, 0.05) is 12.1 Å². The molecule has 2 amide bonds. The number of carbonyl (C=O) groups excluding carboxylic acids is 2. The van der Waals surface area contributed by atoms with Gasteiger partial charge in [-0.3, -0.25) is 9.59 Å². The number of rotatable bonds is 5. The fraction of sp³-hybridized carbons (Fsp3) is 0.556. The summed E-state index contributed by atoms with van der Waals surface area (Å²) in [7, 11) is -3.62. The van der Waals surface area contributed by atoms with Crippen molar-refractivity contribution in [2.45, 2.75) is 40.5 Å². The van der Waals surface area contributed by atoms with Crippen LogP contribution in [0.3, 0.4) is 0 Å². The summed E-state index contributed by atoms with van der Waals surface area (Å²) in [4.78, 5) is 24.2. The van der Waals surface area contributed by atoms with Gasteiger partial charge >= 0.3 is 0 Å². The maximum Gasteiger partial charge on any atom is 0.251 e. The monoisotopic (exact) mass is 366 g/mol. The van der Waals surface area contributed by atoms with E-state index in [0.717, 1.165) is 17.1 Å². The second-order valence-corrected chi connectivity index (χ2v) is 9.61. The lowest BCUT2D eigenvalue weighted by Crippen LogP contribution is -2.30. The molecule has 0 saturated carbocycles. The first-order valence-corrected chi connectivity index (χ1v) is 10.1. The fourth-order valence-corrected chi connectivity index (χ4v) is 4.58. The Balaban J connectivity index is 2.00. The van der Waals surface area contributed by atoms with Crippen molar-refractivity contribution < 1.29 is 18.0 Å². The molecule has 7 heteroatoms. The average molecular weight is 366 g/mol.